The Bertz CT molecular complexity index is 900. The van der Waals surface area contributed by atoms with E-state index in [1.807, 2.05) is 18.2 Å². The molecule has 130 valence electrons. The predicted molar refractivity (Wildman–Crippen MR) is 105 cm³/mol. The molecule has 0 aliphatic carbocycles. The van der Waals surface area contributed by atoms with Crippen LogP contribution in [0, 0.1) is 0 Å². The summed E-state index contributed by atoms with van der Waals surface area (Å²) in [6, 6.07) is 12.1. The number of aromatic nitrogens is 2. The predicted octanol–water partition coefficient (Wildman–Crippen LogP) is 2.54. The van der Waals surface area contributed by atoms with Crippen molar-refractivity contribution in [2.75, 3.05) is 49.6 Å². The zero-order valence-electron chi connectivity index (χ0n) is 14.5. The molecule has 5 N–H and O–H groups in total. The summed E-state index contributed by atoms with van der Waals surface area (Å²) in [7, 11) is 2.19. The van der Waals surface area contributed by atoms with E-state index >= 15 is 0 Å². The van der Waals surface area contributed by atoms with E-state index in [1.54, 1.807) is 0 Å². The number of benzene rings is 2. The van der Waals surface area contributed by atoms with Crippen LogP contribution in [0.2, 0.25) is 0 Å². The number of rotatable bonds is 2. The van der Waals surface area contributed by atoms with Crippen molar-refractivity contribution in [3.8, 4) is 11.4 Å². The van der Waals surface area contributed by atoms with E-state index in [-0.39, 0.29) is 0 Å². The van der Waals surface area contributed by atoms with E-state index in [4.69, 9.17) is 16.5 Å². The number of hydrogen-bond donors (Lipinski definition) is 3. The number of aromatic amines is 1. The number of hydrogen-bond acceptors (Lipinski definition) is 5. The molecule has 1 aliphatic heterocycles. The van der Waals surface area contributed by atoms with E-state index in [0.29, 0.717) is 11.4 Å². The molecule has 0 saturated carbocycles. The lowest BCUT2D eigenvalue weighted by atomic mass is 10.1. The molecule has 0 unspecified atom stereocenters. The first kappa shape index (κ1) is 15.8. The zero-order chi connectivity index (χ0) is 17.4. The third kappa shape index (κ3) is 3.13. The topological polar surface area (TPSA) is 87.2 Å². The van der Waals surface area contributed by atoms with Crippen LogP contribution < -0.4 is 16.4 Å². The molecule has 1 aliphatic rings. The van der Waals surface area contributed by atoms with Gasteiger partial charge < -0.3 is 26.3 Å². The molecule has 1 saturated heterocycles. The number of H-pyrrole nitrogens is 1. The molecule has 6 nitrogen and oxygen atoms in total. The smallest absolute Gasteiger partial charge is 0.138 e. The Morgan fingerprint density at radius 1 is 0.960 bits per heavy atom. The SMILES string of the molecule is CN1CCCN(c2ccc3nc(-c4ccc(N)c(N)c4)[nH]c3c2)CC1. The second-order valence-corrected chi connectivity index (χ2v) is 6.77. The number of nitrogens with two attached hydrogens (primary N) is 2. The quantitative estimate of drug-likeness (QED) is 0.626. The zero-order valence-corrected chi connectivity index (χ0v) is 14.5. The summed E-state index contributed by atoms with van der Waals surface area (Å²) in [6.45, 7) is 4.39. The molecular formula is C19H24N6. The third-order valence-electron chi connectivity index (χ3n) is 4.91. The van der Waals surface area contributed by atoms with E-state index in [0.717, 1.165) is 48.6 Å². The first-order valence-electron chi connectivity index (χ1n) is 8.69. The van der Waals surface area contributed by atoms with Gasteiger partial charge in [-0.05, 0) is 56.4 Å². The maximum Gasteiger partial charge on any atom is 0.138 e. The number of imidazole rings is 1. The standard InChI is InChI=1S/C19H24N6/c1-24-7-2-8-25(10-9-24)14-4-6-17-18(12-14)23-19(22-17)13-3-5-15(20)16(21)11-13/h3-6,11-12H,2,7-10,20-21H2,1H3,(H,22,23). The summed E-state index contributed by atoms with van der Waals surface area (Å²) in [5, 5.41) is 0. The van der Waals surface area contributed by atoms with Crippen molar-refractivity contribution in [1.29, 1.82) is 0 Å². The van der Waals surface area contributed by atoms with Crippen LogP contribution >= 0.6 is 0 Å². The Morgan fingerprint density at radius 3 is 2.68 bits per heavy atom. The summed E-state index contributed by atoms with van der Waals surface area (Å²) in [5.41, 5.74) is 17.1. The highest BCUT2D eigenvalue weighted by atomic mass is 15.2. The largest absolute Gasteiger partial charge is 0.397 e. The van der Waals surface area contributed by atoms with Gasteiger partial charge in [0.2, 0.25) is 0 Å². The van der Waals surface area contributed by atoms with Gasteiger partial charge in [-0.2, -0.15) is 0 Å². The minimum atomic E-state index is 0.576. The van der Waals surface area contributed by atoms with Crippen LogP contribution in [-0.2, 0) is 0 Å². The fourth-order valence-electron chi connectivity index (χ4n) is 3.36. The van der Waals surface area contributed by atoms with Gasteiger partial charge in [0.1, 0.15) is 5.82 Å². The van der Waals surface area contributed by atoms with Crippen LogP contribution in [0.4, 0.5) is 17.1 Å². The molecule has 0 amide bonds. The molecule has 2 aromatic carbocycles. The minimum Gasteiger partial charge on any atom is -0.397 e. The Balaban J connectivity index is 1.66. The summed E-state index contributed by atoms with van der Waals surface area (Å²) < 4.78 is 0. The van der Waals surface area contributed by atoms with Gasteiger partial charge in [0.05, 0.1) is 22.4 Å². The van der Waals surface area contributed by atoms with Crippen LogP contribution in [0.15, 0.2) is 36.4 Å². The highest BCUT2D eigenvalue weighted by molar-refractivity contribution is 5.84. The molecule has 4 rings (SSSR count). The number of likely N-dealkylation sites (N-methyl/N-ethyl adjacent to an activating group) is 1. The van der Waals surface area contributed by atoms with E-state index in [9.17, 15) is 0 Å². The van der Waals surface area contributed by atoms with Gasteiger partial charge in [0, 0.05) is 30.9 Å². The molecule has 6 heteroatoms. The second kappa shape index (κ2) is 6.29. The van der Waals surface area contributed by atoms with Gasteiger partial charge in [-0.25, -0.2) is 4.98 Å². The lowest BCUT2D eigenvalue weighted by molar-refractivity contribution is 0.360. The van der Waals surface area contributed by atoms with Crippen LogP contribution in [0.25, 0.3) is 22.4 Å². The Morgan fingerprint density at radius 2 is 1.84 bits per heavy atom. The molecule has 0 bridgehead atoms. The minimum absolute atomic E-state index is 0.576. The number of nitrogen functional groups attached to an aromatic ring is 2. The molecular weight excluding hydrogens is 312 g/mol. The summed E-state index contributed by atoms with van der Waals surface area (Å²) >= 11 is 0. The van der Waals surface area contributed by atoms with Gasteiger partial charge in [-0.1, -0.05) is 0 Å². The lowest BCUT2D eigenvalue weighted by Gasteiger charge is -2.22. The van der Waals surface area contributed by atoms with Crippen LogP contribution in [0.1, 0.15) is 6.42 Å². The molecule has 0 radical (unpaired) electrons. The van der Waals surface area contributed by atoms with Crippen molar-refractivity contribution >= 4 is 28.1 Å². The van der Waals surface area contributed by atoms with Gasteiger partial charge in [-0.3, -0.25) is 0 Å². The van der Waals surface area contributed by atoms with Gasteiger partial charge in [-0.15, -0.1) is 0 Å². The van der Waals surface area contributed by atoms with Crippen LogP contribution in [-0.4, -0.2) is 48.1 Å². The third-order valence-corrected chi connectivity index (χ3v) is 4.91. The molecule has 0 atom stereocenters. The average molecular weight is 336 g/mol. The second-order valence-electron chi connectivity index (χ2n) is 6.77. The van der Waals surface area contributed by atoms with Crippen molar-refractivity contribution in [2.45, 2.75) is 6.42 Å². The number of fused-ring (bicyclic) bond motifs is 1. The summed E-state index contributed by atoms with van der Waals surface area (Å²) in [5.74, 6) is 0.814. The first-order chi connectivity index (χ1) is 12.1. The molecule has 25 heavy (non-hydrogen) atoms. The Kier molecular flexibility index (Phi) is 3.97. The normalized spacial score (nSPS) is 16.3. The highest BCUT2D eigenvalue weighted by Gasteiger charge is 2.14. The molecule has 0 spiro atoms. The number of nitrogens with zero attached hydrogens (tertiary/aromatic N) is 3. The van der Waals surface area contributed by atoms with E-state index in [2.05, 4.69) is 40.0 Å². The Hall–Kier alpha value is -2.73. The number of nitrogens with one attached hydrogen (secondary N) is 1. The molecule has 1 aromatic heterocycles. The molecule has 2 heterocycles. The van der Waals surface area contributed by atoms with Crippen molar-refractivity contribution in [1.82, 2.24) is 14.9 Å². The van der Waals surface area contributed by atoms with Gasteiger partial charge in [0.15, 0.2) is 0 Å². The van der Waals surface area contributed by atoms with Crippen LogP contribution in [0.5, 0.6) is 0 Å². The first-order valence-corrected chi connectivity index (χ1v) is 8.69. The summed E-state index contributed by atoms with van der Waals surface area (Å²) in [6.07, 6.45) is 1.19. The number of anilines is 3. The van der Waals surface area contributed by atoms with Gasteiger partial charge in [0.25, 0.3) is 0 Å². The van der Waals surface area contributed by atoms with Gasteiger partial charge >= 0.3 is 0 Å². The lowest BCUT2D eigenvalue weighted by Crippen LogP contribution is -2.28. The average Bonchev–Trinajstić information content (AvgIpc) is 2.91. The van der Waals surface area contributed by atoms with Crippen LogP contribution in [0.3, 0.4) is 0 Å². The van der Waals surface area contributed by atoms with Crippen molar-refractivity contribution < 1.29 is 0 Å². The molecule has 3 aromatic rings. The summed E-state index contributed by atoms with van der Waals surface area (Å²) in [4.78, 5) is 12.9. The van der Waals surface area contributed by atoms with Crippen molar-refractivity contribution in [3.63, 3.8) is 0 Å². The maximum atomic E-state index is 5.92. The highest BCUT2D eigenvalue weighted by Crippen LogP contribution is 2.27. The maximum absolute atomic E-state index is 5.92. The van der Waals surface area contributed by atoms with E-state index < -0.39 is 0 Å². The van der Waals surface area contributed by atoms with E-state index in [1.165, 1.54) is 12.1 Å². The van der Waals surface area contributed by atoms with Crippen molar-refractivity contribution in [3.05, 3.63) is 36.4 Å². The Labute approximate surface area is 147 Å². The fraction of sp³-hybridized carbons (Fsp3) is 0.316. The van der Waals surface area contributed by atoms with Crippen molar-refractivity contribution in [2.24, 2.45) is 0 Å². The fourth-order valence-corrected chi connectivity index (χ4v) is 3.36. The monoisotopic (exact) mass is 336 g/mol. The molecule has 1 fully saturated rings.